The van der Waals surface area contributed by atoms with Crippen LogP contribution in [-0.4, -0.2) is 17.9 Å². The lowest BCUT2D eigenvalue weighted by Crippen LogP contribution is -2.25. The van der Waals surface area contributed by atoms with Crippen LogP contribution in [0.3, 0.4) is 0 Å². The van der Waals surface area contributed by atoms with Crippen molar-refractivity contribution in [3.63, 3.8) is 0 Å². The number of carbonyl (C=O) groups is 2. The van der Waals surface area contributed by atoms with Gasteiger partial charge in [0.15, 0.2) is 5.78 Å². The number of fused-ring (bicyclic) bond motifs is 1. The molecule has 1 aromatic carbocycles. The monoisotopic (exact) mass is 236 g/mol. The average molecular weight is 236 g/mol. The maximum absolute atomic E-state index is 13.0. The van der Waals surface area contributed by atoms with E-state index in [0.717, 1.165) is 0 Å². The van der Waals surface area contributed by atoms with Crippen LogP contribution in [0.2, 0.25) is 0 Å². The first kappa shape index (κ1) is 11.8. The molecule has 0 radical (unpaired) electrons. The smallest absolute Gasteiger partial charge is 0.317 e. The van der Waals surface area contributed by atoms with Crippen molar-refractivity contribution in [1.82, 2.24) is 0 Å². The molecule has 1 aromatic rings. The Labute approximate surface area is 98.6 Å². The number of Topliss-reactive ketones (excluding diaryl/α,β-unsaturated/α-hetero) is 1. The summed E-state index contributed by atoms with van der Waals surface area (Å²) in [7, 11) is 0. The standard InChI is InChI=1S/C13H13FO3/c1-7(2)17-13(16)11-6-8-5-9(14)3-4-10(8)12(11)15/h3-5,7,11H,6H2,1-2H3. The number of hydrogen-bond donors (Lipinski definition) is 0. The highest BCUT2D eigenvalue weighted by molar-refractivity contribution is 6.12. The minimum Gasteiger partial charge on any atom is -0.462 e. The molecule has 1 aliphatic carbocycles. The zero-order valence-electron chi connectivity index (χ0n) is 9.70. The Morgan fingerprint density at radius 1 is 1.47 bits per heavy atom. The highest BCUT2D eigenvalue weighted by atomic mass is 19.1. The zero-order valence-corrected chi connectivity index (χ0v) is 9.70. The van der Waals surface area contributed by atoms with Gasteiger partial charge in [0.25, 0.3) is 0 Å². The van der Waals surface area contributed by atoms with Gasteiger partial charge >= 0.3 is 5.97 Å². The lowest BCUT2D eigenvalue weighted by molar-refractivity contribution is -0.150. The molecule has 0 fully saturated rings. The van der Waals surface area contributed by atoms with E-state index in [-0.39, 0.29) is 18.3 Å². The molecule has 3 nitrogen and oxygen atoms in total. The summed E-state index contributed by atoms with van der Waals surface area (Å²) in [6.45, 7) is 3.45. The van der Waals surface area contributed by atoms with Gasteiger partial charge < -0.3 is 4.74 Å². The van der Waals surface area contributed by atoms with Crippen LogP contribution in [0, 0.1) is 11.7 Å². The van der Waals surface area contributed by atoms with Gasteiger partial charge in [-0.05, 0) is 44.0 Å². The molecule has 0 aliphatic heterocycles. The highest BCUT2D eigenvalue weighted by Gasteiger charge is 2.37. The summed E-state index contributed by atoms with van der Waals surface area (Å²) >= 11 is 0. The molecule has 0 amide bonds. The van der Waals surface area contributed by atoms with Crippen molar-refractivity contribution in [2.45, 2.75) is 26.4 Å². The third-order valence-electron chi connectivity index (χ3n) is 2.71. The largest absolute Gasteiger partial charge is 0.462 e. The summed E-state index contributed by atoms with van der Waals surface area (Å²) in [5.74, 6) is -2.00. The summed E-state index contributed by atoms with van der Waals surface area (Å²) < 4.78 is 18.0. The minimum absolute atomic E-state index is 0.234. The molecule has 0 saturated heterocycles. The topological polar surface area (TPSA) is 43.4 Å². The Kier molecular flexibility index (Phi) is 2.96. The Morgan fingerprint density at radius 2 is 2.18 bits per heavy atom. The van der Waals surface area contributed by atoms with Gasteiger partial charge in [0.1, 0.15) is 11.7 Å². The Hall–Kier alpha value is -1.71. The van der Waals surface area contributed by atoms with E-state index < -0.39 is 17.7 Å². The minimum atomic E-state index is -0.811. The van der Waals surface area contributed by atoms with Gasteiger partial charge in [-0.2, -0.15) is 0 Å². The van der Waals surface area contributed by atoms with E-state index >= 15 is 0 Å². The SMILES string of the molecule is CC(C)OC(=O)C1Cc2cc(F)ccc2C1=O. The van der Waals surface area contributed by atoms with Crippen LogP contribution in [0.5, 0.6) is 0 Å². The third-order valence-corrected chi connectivity index (χ3v) is 2.71. The first-order chi connectivity index (χ1) is 7.99. The maximum Gasteiger partial charge on any atom is 0.317 e. The molecule has 0 saturated carbocycles. The number of ketones is 1. The second kappa shape index (κ2) is 4.28. The van der Waals surface area contributed by atoms with Crippen LogP contribution in [0.25, 0.3) is 0 Å². The third kappa shape index (κ3) is 2.20. The average Bonchev–Trinajstić information content (AvgIpc) is 2.54. The molecule has 0 spiro atoms. The lowest BCUT2D eigenvalue weighted by atomic mass is 10.1. The van der Waals surface area contributed by atoms with Crippen LogP contribution < -0.4 is 0 Å². The quantitative estimate of drug-likeness (QED) is 0.583. The fourth-order valence-electron chi connectivity index (χ4n) is 1.98. The van der Waals surface area contributed by atoms with E-state index in [2.05, 4.69) is 0 Å². The number of halogens is 1. The van der Waals surface area contributed by atoms with Crippen molar-refractivity contribution in [2.75, 3.05) is 0 Å². The first-order valence-corrected chi connectivity index (χ1v) is 5.52. The normalized spacial score (nSPS) is 18.4. The van der Waals surface area contributed by atoms with E-state index in [1.165, 1.54) is 18.2 Å². The Balaban J connectivity index is 2.22. The number of carbonyl (C=O) groups excluding carboxylic acids is 2. The van der Waals surface area contributed by atoms with E-state index in [4.69, 9.17) is 4.74 Å². The van der Waals surface area contributed by atoms with Crippen LogP contribution in [0.4, 0.5) is 4.39 Å². The van der Waals surface area contributed by atoms with E-state index in [0.29, 0.717) is 11.1 Å². The summed E-state index contributed by atoms with van der Waals surface area (Å²) in [5.41, 5.74) is 1.01. The van der Waals surface area contributed by atoms with Crippen molar-refractivity contribution < 1.29 is 18.7 Å². The van der Waals surface area contributed by atoms with Crippen LogP contribution in [0.1, 0.15) is 29.8 Å². The maximum atomic E-state index is 13.0. The second-order valence-corrected chi connectivity index (χ2v) is 4.41. The van der Waals surface area contributed by atoms with Gasteiger partial charge in [0.05, 0.1) is 6.10 Å². The summed E-state index contributed by atoms with van der Waals surface area (Å²) in [6, 6.07) is 3.96. The first-order valence-electron chi connectivity index (χ1n) is 5.52. The fraction of sp³-hybridized carbons (Fsp3) is 0.385. The molecule has 1 atom stereocenters. The molecule has 0 N–H and O–H groups in total. The van der Waals surface area contributed by atoms with E-state index in [9.17, 15) is 14.0 Å². The van der Waals surface area contributed by atoms with Gasteiger partial charge in [0, 0.05) is 5.56 Å². The van der Waals surface area contributed by atoms with Gasteiger partial charge in [0.2, 0.25) is 0 Å². The van der Waals surface area contributed by atoms with Crippen molar-refractivity contribution >= 4 is 11.8 Å². The molecule has 0 bridgehead atoms. The molecular weight excluding hydrogens is 223 g/mol. The summed E-state index contributed by atoms with van der Waals surface area (Å²) in [6.07, 6.45) is -0.0203. The van der Waals surface area contributed by atoms with Gasteiger partial charge in [-0.3, -0.25) is 9.59 Å². The molecule has 17 heavy (non-hydrogen) atoms. The van der Waals surface area contributed by atoms with E-state index in [1.54, 1.807) is 13.8 Å². The van der Waals surface area contributed by atoms with Crippen molar-refractivity contribution in [2.24, 2.45) is 5.92 Å². The number of rotatable bonds is 2. The molecule has 90 valence electrons. The predicted molar refractivity (Wildman–Crippen MR) is 59.2 cm³/mol. The molecule has 1 aliphatic rings. The molecule has 2 rings (SSSR count). The number of ether oxygens (including phenoxy) is 1. The fourth-order valence-corrected chi connectivity index (χ4v) is 1.98. The number of benzene rings is 1. The Bertz CT molecular complexity index is 480. The number of hydrogen-bond acceptors (Lipinski definition) is 3. The molecular formula is C13H13FO3. The van der Waals surface area contributed by atoms with Gasteiger partial charge in [-0.15, -0.1) is 0 Å². The Morgan fingerprint density at radius 3 is 2.82 bits per heavy atom. The van der Waals surface area contributed by atoms with Gasteiger partial charge in [-0.1, -0.05) is 0 Å². The van der Waals surface area contributed by atoms with Crippen LogP contribution in [0.15, 0.2) is 18.2 Å². The zero-order chi connectivity index (χ0) is 12.6. The lowest BCUT2D eigenvalue weighted by Gasteiger charge is -2.11. The van der Waals surface area contributed by atoms with Crippen molar-refractivity contribution in [1.29, 1.82) is 0 Å². The van der Waals surface area contributed by atoms with Crippen molar-refractivity contribution in [3.8, 4) is 0 Å². The highest BCUT2D eigenvalue weighted by Crippen LogP contribution is 2.28. The van der Waals surface area contributed by atoms with Crippen LogP contribution >= 0.6 is 0 Å². The molecule has 1 unspecified atom stereocenters. The molecule has 0 heterocycles. The molecule has 0 aromatic heterocycles. The van der Waals surface area contributed by atoms with Crippen LogP contribution in [-0.2, 0) is 16.0 Å². The molecule has 4 heteroatoms. The second-order valence-electron chi connectivity index (χ2n) is 4.41. The predicted octanol–water partition coefficient (Wildman–Crippen LogP) is 2.13. The summed E-state index contributed by atoms with van der Waals surface area (Å²) in [4.78, 5) is 23.6. The summed E-state index contributed by atoms with van der Waals surface area (Å²) in [5, 5.41) is 0. The van der Waals surface area contributed by atoms with E-state index in [1.807, 2.05) is 0 Å². The number of esters is 1. The van der Waals surface area contributed by atoms with Crippen molar-refractivity contribution in [3.05, 3.63) is 35.1 Å². The van der Waals surface area contributed by atoms with Gasteiger partial charge in [-0.25, -0.2) is 4.39 Å².